The normalized spacial score (nSPS) is 24.0. The van der Waals surface area contributed by atoms with E-state index in [-0.39, 0.29) is 23.8 Å². The Hall–Kier alpha value is -2.40. The molecule has 4 rings (SSSR count). The van der Waals surface area contributed by atoms with Crippen LogP contribution in [0.25, 0.3) is 0 Å². The van der Waals surface area contributed by atoms with Crippen LogP contribution in [0.3, 0.4) is 0 Å². The molecule has 142 valence electrons. The van der Waals surface area contributed by atoms with Crippen molar-refractivity contribution >= 4 is 6.09 Å². The Balaban J connectivity index is 1.90. The van der Waals surface area contributed by atoms with Crippen LogP contribution in [0.15, 0.2) is 42.5 Å². The number of nitrogens with zero attached hydrogens (tertiary/aromatic N) is 2. The van der Waals surface area contributed by atoms with Gasteiger partial charge in [-0.15, -0.1) is 0 Å². The van der Waals surface area contributed by atoms with Crippen molar-refractivity contribution in [1.29, 1.82) is 0 Å². The minimum atomic E-state index is -0.925. The summed E-state index contributed by atoms with van der Waals surface area (Å²) in [6, 6.07) is 12.7. The van der Waals surface area contributed by atoms with E-state index in [4.69, 9.17) is 0 Å². The minimum Gasteiger partial charge on any atom is -0.465 e. The van der Waals surface area contributed by atoms with Gasteiger partial charge in [0.05, 0.1) is 6.04 Å². The van der Waals surface area contributed by atoms with E-state index in [0.29, 0.717) is 13.0 Å². The van der Waals surface area contributed by atoms with Crippen LogP contribution < -0.4 is 0 Å². The van der Waals surface area contributed by atoms with Crippen LogP contribution in [0.1, 0.15) is 47.1 Å². The van der Waals surface area contributed by atoms with Crippen molar-refractivity contribution in [2.75, 3.05) is 20.6 Å². The van der Waals surface area contributed by atoms with E-state index in [0.717, 1.165) is 24.0 Å². The van der Waals surface area contributed by atoms with Crippen LogP contribution >= 0.6 is 0 Å². The molecule has 5 heteroatoms. The highest BCUT2D eigenvalue weighted by Gasteiger charge is 2.44. The zero-order chi connectivity index (χ0) is 19.1. The number of carbonyl (C=O) groups is 1. The SMILES string of the molecule is CN(C)C[C@H]1CC[C@@H]2c3ccccc3Cc3ccc(F)cc3[C@H]2N1C(=O)O. The predicted octanol–water partition coefficient (Wildman–Crippen LogP) is 4.26. The second-order valence-corrected chi connectivity index (χ2v) is 7.95. The van der Waals surface area contributed by atoms with Gasteiger partial charge >= 0.3 is 6.09 Å². The van der Waals surface area contributed by atoms with Crippen LogP contribution in [0.4, 0.5) is 9.18 Å². The summed E-state index contributed by atoms with van der Waals surface area (Å²) in [7, 11) is 3.92. The number of amides is 1. The van der Waals surface area contributed by atoms with Gasteiger partial charge in [0.2, 0.25) is 0 Å². The topological polar surface area (TPSA) is 43.8 Å². The summed E-state index contributed by atoms with van der Waals surface area (Å²) in [6.07, 6.45) is 1.50. The fourth-order valence-corrected chi connectivity index (χ4v) is 4.92. The first-order chi connectivity index (χ1) is 13.0. The molecule has 1 saturated heterocycles. The van der Waals surface area contributed by atoms with Crippen molar-refractivity contribution in [3.63, 3.8) is 0 Å². The molecule has 0 radical (unpaired) electrons. The molecule has 1 heterocycles. The molecule has 1 aliphatic carbocycles. The first-order valence-corrected chi connectivity index (χ1v) is 9.48. The molecule has 0 unspecified atom stereocenters. The number of likely N-dealkylation sites (N-methyl/N-ethyl adjacent to an activating group) is 1. The maximum absolute atomic E-state index is 14.2. The smallest absolute Gasteiger partial charge is 0.408 e. The minimum absolute atomic E-state index is 0.0544. The summed E-state index contributed by atoms with van der Waals surface area (Å²) in [6.45, 7) is 0.668. The van der Waals surface area contributed by atoms with Gasteiger partial charge in [0, 0.05) is 18.5 Å². The monoisotopic (exact) mass is 368 g/mol. The summed E-state index contributed by atoms with van der Waals surface area (Å²) in [5.74, 6) is -0.253. The lowest BCUT2D eigenvalue weighted by Gasteiger charge is -2.46. The van der Waals surface area contributed by atoms with Crippen molar-refractivity contribution in [3.05, 3.63) is 70.5 Å². The van der Waals surface area contributed by atoms with E-state index in [1.165, 1.54) is 17.2 Å². The van der Waals surface area contributed by atoms with Crippen LogP contribution in [-0.4, -0.2) is 47.7 Å². The van der Waals surface area contributed by atoms with Crippen molar-refractivity contribution in [3.8, 4) is 0 Å². The third-order valence-corrected chi connectivity index (χ3v) is 5.94. The van der Waals surface area contributed by atoms with Gasteiger partial charge in [-0.25, -0.2) is 9.18 Å². The van der Waals surface area contributed by atoms with E-state index in [9.17, 15) is 14.3 Å². The molecular formula is C22H25FN2O2. The third-order valence-electron chi connectivity index (χ3n) is 5.94. The highest BCUT2D eigenvalue weighted by atomic mass is 19.1. The largest absolute Gasteiger partial charge is 0.465 e. The summed E-state index contributed by atoms with van der Waals surface area (Å²) < 4.78 is 14.2. The number of carboxylic acid groups (broad SMARTS) is 1. The van der Waals surface area contributed by atoms with Gasteiger partial charge in [-0.3, -0.25) is 4.90 Å². The van der Waals surface area contributed by atoms with Gasteiger partial charge in [0.15, 0.2) is 0 Å². The van der Waals surface area contributed by atoms with Crippen molar-refractivity contribution in [2.45, 2.75) is 37.3 Å². The lowest BCUT2D eigenvalue weighted by Crippen LogP contribution is -2.51. The highest BCUT2D eigenvalue weighted by Crippen LogP contribution is 2.49. The zero-order valence-corrected chi connectivity index (χ0v) is 15.7. The average Bonchev–Trinajstić information content (AvgIpc) is 2.75. The molecular weight excluding hydrogens is 343 g/mol. The molecule has 3 atom stereocenters. The molecule has 4 nitrogen and oxygen atoms in total. The van der Waals surface area contributed by atoms with E-state index >= 15 is 0 Å². The maximum atomic E-state index is 14.2. The summed E-state index contributed by atoms with van der Waals surface area (Å²) in [4.78, 5) is 16.0. The Morgan fingerprint density at radius 3 is 2.63 bits per heavy atom. The van der Waals surface area contributed by atoms with Crippen LogP contribution in [0, 0.1) is 5.82 Å². The Bertz CT molecular complexity index is 867. The van der Waals surface area contributed by atoms with Crippen LogP contribution in [0.5, 0.6) is 0 Å². The van der Waals surface area contributed by atoms with Gasteiger partial charge in [0.25, 0.3) is 0 Å². The Kier molecular flexibility index (Phi) is 4.64. The van der Waals surface area contributed by atoms with Crippen molar-refractivity contribution in [1.82, 2.24) is 9.80 Å². The molecule has 0 aromatic heterocycles. The average molecular weight is 368 g/mol. The number of rotatable bonds is 2. The Morgan fingerprint density at radius 1 is 1.15 bits per heavy atom. The zero-order valence-electron chi connectivity index (χ0n) is 15.7. The number of likely N-dealkylation sites (tertiary alicyclic amines) is 1. The van der Waals surface area contributed by atoms with E-state index < -0.39 is 6.09 Å². The third kappa shape index (κ3) is 3.21. The Morgan fingerprint density at radius 2 is 1.89 bits per heavy atom. The molecule has 0 bridgehead atoms. The molecule has 0 saturated carbocycles. The van der Waals surface area contributed by atoms with Gasteiger partial charge in [-0.2, -0.15) is 0 Å². The first-order valence-electron chi connectivity index (χ1n) is 9.48. The molecule has 2 aliphatic rings. The number of piperidine rings is 1. The van der Waals surface area contributed by atoms with Gasteiger partial charge in [0.1, 0.15) is 5.82 Å². The summed E-state index contributed by atoms with van der Waals surface area (Å²) >= 11 is 0. The van der Waals surface area contributed by atoms with Crippen molar-refractivity contribution in [2.24, 2.45) is 0 Å². The fraction of sp³-hybridized carbons (Fsp3) is 0.409. The molecule has 27 heavy (non-hydrogen) atoms. The molecule has 2 aromatic rings. The second-order valence-electron chi connectivity index (χ2n) is 7.95. The lowest BCUT2D eigenvalue weighted by molar-refractivity contribution is 0.0494. The molecule has 1 N–H and O–H groups in total. The fourth-order valence-electron chi connectivity index (χ4n) is 4.92. The van der Waals surface area contributed by atoms with Gasteiger partial charge in [-0.1, -0.05) is 30.3 Å². The van der Waals surface area contributed by atoms with Crippen LogP contribution in [-0.2, 0) is 6.42 Å². The maximum Gasteiger partial charge on any atom is 0.408 e. The Labute approximate surface area is 159 Å². The molecule has 2 aromatic carbocycles. The van der Waals surface area contributed by atoms with Crippen LogP contribution in [0.2, 0.25) is 0 Å². The van der Waals surface area contributed by atoms with Gasteiger partial charge in [-0.05, 0) is 67.7 Å². The quantitative estimate of drug-likeness (QED) is 0.861. The lowest BCUT2D eigenvalue weighted by atomic mass is 9.78. The second kappa shape index (κ2) is 6.97. The molecule has 1 amide bonds. The number of fused-ring (bicyclic) bond motifs is 5. The molecule has 1 fully saturated rings. The number of halogens is 1. The highest BCUT2D eigenvalue weighted by molar-refractivity contribution is 5.67. The van der Waals surface area contributed by atoms with E-state index in [1.807, 2.05) is 37.2 Å². The summed E-state index contributed by atoms with van der Waals surface area (Å²) in [5.41, 5.74) is 4.26. The standard InChI is InChI=1S/C22H25FN2O2/c1-24(2)13-17-9-10-19-18-6-4-3-5-14(18)11-15-7-8-16(23)12-20(15)21(19)25(17)22(26)27/h3-8,12,17,19,21H,9-11,13H2,1-2H3,(H,26,27)/t17-,19-,21+/m1/s1. The van der Waals surface area contributed by atoms with E-state index in [1.54, 1.807) is 11.0 Å². The number of benzene rings is 2. The molecule has 0 spiro atoms. The summed E-state index contributed by atoms with van der Waals surface area (Å²) in [5, 5.41) is 10.1. The van der Waals surface area contributed by atoms with Gasteiger partial charge < -0.3 is 10.0 Å². The predicted molar refractivity (Wildman–Crippen MR) is 103 cm³/mol. The first kappa shape index (κ1) is 18.0. The molecule has 1 aliphatic heterocycles. The van der Waals surface area contributed by atoms with E-state index in [2.05, 4.69) is 12.1 Å². The number of hydrogen-bond donors (Lipinski definition) is 1. The van der Waals surface area contributed by atoms with Crippen molar-refractivity contribution < 1.29 is 14.3 Å². The number of hydrogen-bond acceptors (Lipinski definition) is 2.